The number of hydrogen-bond donors (Lipinski definition) is 16. The summed E-state index contributed by atoms with van der Waals surface area (Å²) in [6.45, 7) is 20.6. The number of ether oxygens (including phenoxy) is 1. The Labute approximate surface area is 575 Å². The fourth-order valence-corrected chi connectivity index (χ4v) is 10.5. The molecule has 14 atom stereocenters. The van der Waals surface area contributed by atoms with Gasteiger partial charge in [-0.15, -0.1) is 0 Å². The highest BCUT2D eigenvalue weighted by atomic mass is 16.5. The first-order valence-electron chi connectivity index (χ1n) is 34.4. The van der Waals surface area contributed by atoms with E-state index in [1.165, 1.54) is 0 Å². The molecule has 0 spiro atoms. The Bertz CT molecular complexity index is 2680. The Morgan fingerprint density at radius 3 is 1.43 bits per heavy atom. The Morgan fingerprint density at radius 1 is 0.510 bits per heavy atom. The molecule has 558 valence electrons. The molecule has 0 aromatic carbocycles. The zero-order chi connectivity index (χ0) is 74.7. The maximum atomic E-state index is 14.6. The summed E-state index contributed by atoms with van der Waals surface area (Å²) >= 11 is 0. The fourth-order valence-electron chi connectivity index (χ4n) is 10.5. The van der Waals surface area contributed by atoms with Crippen LogP contribution in [0.2, 0.25) is 0 Å². The topological polar surface area (TPSA) is 510 Å². The number of nitrogens with two attached hydrogens (primary N) is 2. The molecule has 0 aromatic heterocycles. The van der Waals surface area contributed by atoms with Crippen LogP contribution in [0.4, 0.5) is 0 Å². The van der Waals surface area contributed by atoms with Gasteiger partial charge < -0.3 is 90.0 Å². The zero-order valence-electron chi connectivity index (χ0n) is 59.6. The van der Waals surface area contributed by atoms with Crippen LogP contribution in [0.1, 0.15) is 206 Å². The van der Waals surface area contributed by atoms with Gasteiger partial charge in [-0.25, -0.2) is 4.79 Å². The largest absolute Gasteiger partial charge is 0.481 e. The molecule has 1 aliphatic rings. The van der Waals surface area contributed by atoms with Crippen molar-refractivity contribution in [2.45, 2.75) is 278 Å². The van der Waals surface area contributed by atoms with Gasteiger partial charge in [0.25, 0.3) is 0 Å². The van der Waals surface area contributed by atoms with Gasteiger partial charge in [0.15, 0.2) is 0 Å². The van der Waals surface area contributed by atoms with Gasteiger partial charge >= 0.3 is 11.9 Å². The maximum absolute atomic E-state index is 14.6. The van der Waals surface area contributed by atoms with Crippen molar-refractivity contribution in [1.29, 1.82) is 0 Å². The second kappa shape index (κ2) is 45.5. The minimum absolute atomic E-state index is 0.0333. The molecule has 98 heavy (non-hydrogen) atoms. The van der Waals surface area contributed by atoms with E-state index in [9.17, 15) is 87.2 Å². The number of aliphatic carboxylic acids is 1. The average Bonchev–Trinajstić information content (AvgIpc) is 0.854. The number of rotatable bonds is 42. The fraction of sp³-hybridized carbons (Fsp3) is 0.773. The van der Waals surface area contributed by atoms with Gasteiger partial charge in [-0.3, -0.25) is 67.1 Å². The predicted octanol–water partition coefficient (Wildman–Crippen LogP) is -0.738. The predicted molar refractivity (Wildman–Crippen MR) is 359 cm³/mol. The van der Waals surface area contributed by atoms with Crippen molar-refractivity contribution in [2.24, 2.45) is 47.0 Å². The SMILES string of the molecule is CCCCCCCC(O)CC(=O)NC(CC(C)C)C(=O)NC(CC(=O)O)C(=O)NC(CCC(N)=O)C(=O)NC(C(=O)NC(CC(C)C)C(=O)NC(CCC(N)=O)C(=O)NC1COC(=O)C(C(C)CC)NC(=O)C(CO)NC(=O)C(CC(C)C)NC(=O)C(CC(C)C)NC1=O)C(C)CC. The van der Waals surface area contributed by atoms with Crippen molar-refractivity contribution < 1.29 is 92.0 Å². The van der Waals surface area contributed by atoms with E-state index in [0.717, 1.165) is 25.7 Å². The molecule has 0 aromatic rings. The number of primary amides is 2. The maximum Gasteiger partial charge on any atom is 0.329 e. The Balaban J connectivity index is 3.79. The van der Waals surface area contributed by atoms with Crippen molar-refractivity contribution >= 4 is 88.7 Å². The highest BCUT2D eigenvalue weighted by Crippen LogP contribution is 2.18. The molecule has 1 heterocycles. The molecule has 1 aliphatic heterocycles. The molecular weight excluding hydrogens is 1280 g/mol. The van der Waals surface area contributed by atoms with E-state index in [4.69, 9.17) is 16.2 Å². The van der Waals surface area contributed by atoms with E-state index in [0.29, 0.717) is 12.8 Å². The van der Waals surface area contributed by atoms with E-state index in [2.05, 4.69) is 65.4 Å². The number of carbonyl (C=O) groups excluding carboxylic acids is 14. The summed E-state index contributed by atoms with van der Waals surface area (Å²) in [6.07, 6.45) is 0.857. The Morgan fingerprint density at radius 2 is 0.959 bits per heavy atom. The molecular formula is C66H115N13O19. The van der Waals surface area contributed by atoms with Crippen molar-refractivity contribution in [3.8, 4) is 0 Å². The van der Waals surface area contributed by atoms with Crippen LogP contribution in [0.15, 0.2) is 0 Å². The van der Waals surface area contributed by atoms with Crippen molar-refractivity contribution in [1.82, 2.24) is 58.5 Å². The summed E-state index contributed by atoms with van der Waals surface area (Å²) in [7, 11) is 0. The number of cyclic esters (lactones) is 1. The molecule has 1 fully saturated rings. The minimum Gasteiger partial charge on any atom is -0.481 e. The number of carbonyl (C=O) groups is 15. The average molecular weight is 1390 g/mol. The molecule has 0 aliphatic carbocycles. The molecule has 1 rings (SSSR count). The first-order valence-corrected chi connectivity index (χ1v) is 34.4. The standard InChI is InChI=1S/C66H115N13O19/c1-14-17-18-19-20-21-40(81)30-52(84)69-43(26-34(4)5)58(89)74-47(31-53(85)86)62(93)71-42(23-25-51(68)83)57(88)78-54(38(12)15-2)65(96)75-46(29-37(10)11)59(90)70-41(22-24-50(67)82)56(87)77-49-33-98-66(97)55(39(13)16-3)79-63(94)48(32-80)76-61(92)45(28-36(8)9)72-60(91)44(27-35(6)7)73-64(49)95/h34-49,54-55,80-81H,14-33H2,1-13H3,(H2,67,82)(H2,68,83)(H,69,84)(H,70,90)(H,71,93)(H,72,91)(H,73,95)(H,74,89)(H,75,96)(H,76,92)(H,77,87)(H,78,88)(H,79,94)(H,85,86). The Kier molecular flexibility index (Phi) is 40.9. The number of carboxylic acid groups (broad SMARTS) is 1. The van der Waals surface area contributed by atoms with E-state index < -0.39 is 218 Å². The second-order valence-corrected chi connectivity index (χ2v) is 27.4. The van der Waals surface area contributed by atoms with E-state index >= 15 is 0 Å². The number of esters is 1. The molecule has 0 bridgehead atoms. The van der Waals surface area contributed by atoms with Gasteiger partial charge in [0.05, 0.1) is 25.6 Å². The quantitative estimate of drug-likeness (QED) is 0.0264. The number of carboxylic acids is 1. The highest BCUT2D eigenvalue weighted by molar-refractivity contribution is 6.00. The van der Waals surface area contributed by atoms with Crippen LogP contribution in [0.25, 0.3) is 0 Å². The number of hydrogen-bond acceptors (Lipinski definition) is 18. The third kappa shape index (κ3) is 34.0. The van der Waals surface area contributed by atoms with Crippen LogP contribution in [0.3, 0.4) is 0 Å². The van der Waals surface area contributed by atoms with Crippen LogP contribution < -0.4 is 70.0 Å². The summed E-state index contributed by atoms with van der Waals surface area (Å²) in [4.78, 5) is 206. The molecule has 0 radical (unpaired) electrons. The summed E-state index contributed by atoms with van der Waals surface area (Å²) in [6, 6.07) is -17.3. The molecule has 32 nitrogen and oxygen atoms in total. The number of unbranched alkanes of at least 4 members (excludes halogenated alkanes) is 4. The van der Waals surface area contributed by atoms with Crippen molar-refractivity contribution in [3.05, 3.63) is 0 Å². The lowest BCUT2D eigenvalue weighted by molar-refractivity contribution is -0.152. The lowest BCUT2D eigenvalue weighted by Crippen LogP contribution is -2.62. The lowest BCUT2D eigenvalue weighted by atomic mass is 9.96. The molecule has 0 saturated carbocycles. The van der Waals surface area contributed by atoms with Gasteiger partial charge in [-0.1, -0.05) is 135 Å². The Hall–Kier alpha value is -8.03. The van der Waals surface area contributed by atoms with Crippen LogP contribution in [-0.4, -0.2) is 190 Å². The van der Waals surface area contributed by atoms with Crippen LogP contribution in [0.5, 0.6) is 0 Å². The smallest absolute Gasteiger partial charge is 0.329 e. The lowest BCUT2D eigenvalue weighted by Gasteiger charge is -2.31. The summed E-state index contributed by atoms with van der Waals surface area (Å²) in [5.74, 6) is -17.9. The van der Waals surface area contributed by atoms with Gasteiger partial charge in [0, 0.05) is 12.8 Å². The minimum atomic E-state index is -1.88. The van der Waals surface area contributed by atoms with Gasteiger partial charge in [0.2, 0.25) is 76.8 Å². The number of aliphatic hydroxyl groups is 2. The molecule has 14 unspecified atom stereocenters. The van der Waals surface area contributed by atoms with Crippen molar-refractivity contribution in [3.63, 3.8) is 0 Å². The zero-order valence-corrected chi connectivity index (χ0v) is 59.6. The summed E-state index contributed by atoms with van der Waals surface area (Å²) in [5, 5.41) is 58.3. The summed E-state index contributed by atoms with van der Waals surface area (Å²) in [5.41, 5.74) is 11.0. The third-order valence-electron chi connectivity index (χ3n) is 16.5. The van der Waals surface area contributed by atoms with Crippen LogP contribution >= 0.6 is 0 Å². The van der Waals surface area contributed by atoms with E-state index in [-0.39, 0.29) is 68.6 Å². The van der Waals surface area contributed by atoms with E-state index in [1.54, 1.807) is 83.1 Å². The first kappa shape index (κ1) is 88.0. The van der Waals surface area contributed by atoms with Crippen LogP contribution in [0, 0.1) is 35.5 Å². The molecule has 13 amide bonds. The number of amides is 13. The van der Waals surface area contributed by atoms with E-state index in [1.807, 2.05) is 0 Å². The monoisotopic (exact) mass is 1390 g/mol. The van der Waals surface area contributed by atoms with Gasteiger partial charge in [-0.05, 0) is 80.5 Å². The van der Waals surface area contributed by atoms with Crippen molar-refractivity contribution in [2.75, 3.05) is 13.2 Å². The second-order valence-electron chi connectivity index (χ2n) is 27.4. The highest BCUT2D eigenvalue weighted by Gasteiger charge is 2.40. The number of nitrogens with one attached hydrogen (secondary N) is 11. The number of aliphatic hydroxyl groups excluding tert-OH is 2. The summed E-state index contributed by atoms with van der Waals surface area (Å²) < 4.78 is 5.60. The molecule has 18 N–H and O–H groups in total. The molecule has 1 saturated heterocycles. The van der Waals surface area contributed by atoms with Crippen LogP contribution in [-0.2, 0) is 76.7 Å². The van der Waals surface area contributed by atoms with Gasteiger partial charge in [0.1, 0.15) is 73.1 Å². The van der Waals surface area contributed by atoms with Gasteiger partial charge in [-0.2, -0.15) is 0 Å². The normalized spacial score (nSPS) is 20.0. The first-order chi connectivity index (χ1) is 45.9. The third-order valence-corrected chi connectivity index (χ3v) is 16.5. The molecule has 32 heteroatoms.